The predicted octanol–water partition coefficient (Wildman–Crippen LogP) is -0.226. The van der Waals surface area contributed by atoms with Crippen molar-refractivity contribution in [2.45, 2.75) is 42.0 Å². The van der Waals surface area contributed by atoms with Crippen molar-refractivity contribution in [1.82, 2.24) is 0 Å². The van der Waals surface area contributed by atoms with Gasteiger partial charge in [0.15, 0.2) is 40.7 Å². The highest BCUT2D eigenvalue weighted by molar-refractivity contribution is 6.32. The number of nitrogens with one attached hydrogen (secondary N) is 1. The van der Waals surface area contributed by atoms with Crippen molar-refractivity contribution in [3.63, 3.8) is 0 Å². The number of benzene rings is 2. The van der Waals surface area contributed by atoms with Crippen molar-refractivity contribution in [3.8, 4) is 40.9 Å². The number of ether oxygens (including phenoxy) is 2. The maximum Gasteiger partial charge on any atom is 0.335 e. The average molecular weight is 559 g/mol. The Morgan fingerprint density at radius 1 is 1.12 bits per heavy atom. The second-order valence-corrected chi connectivity index (χ2v) is 10.1. The molecule has 0 spiro atoms. The number of aromatic hydroxyl groups is 2. The van der Waals surface area contributed by atoms with Gasteiger partial charge in [0, 0.05) is 11.1 Å². The molecule has 7 N–H and O–H groups in total. The van der Waals surface area contributed by atoms with Gasteiger partial charge in [0.1, 0.15) is 17.4 Å². The molecule has 0 radical (unpaired) electrons. The number of carbonyl (C=O) groups is 3. The Bertz CT molecular complexity index is 1770. The first-order valence-corrected chi connectivity index (χ1v) is 12.2. The van der Waals surface area contributed by atoms with E-state index in [9.17, 15) is 45.0 Å². The highest BCUT2D eigenvalue weighted by atomic mass is 16.7. The number of allylic oxidation sites excluding steroid dienone is 2. The number of carbonyl (C=O) groups excluding carboxylic acids is 2. The van der Waals surface area contributed by atoms with Crippen molar-refractivity contribution in [2.24, 2.45) is 0 Å². The molecular formula is C29H21NO11. The number of aliphatic carboxylic acids is 1. The number of anilines is 1. The number of carboxylic acid groups (broad SMARTS) is 1. The van der Waals surface area contributed by atoms with Crippen LogP contribution in [-0.2, 0) is 15.1 Å². The smallest absolute Gasteiger partial charge is 0.335 e. The summed E-state index contributed by atoms with van der Waals surface area (Å²) in [6, 6.07) is 2.20. The number of carboxylic acids is 1. The molecule has 2 aromatic carbocycles. The Balaban J connectivity index is 1.69. The number of hydrogen-bond acceptors (Lipinski definition) is 11. The Hall–Kier alpha value is -4.85. The molecule has 1 fully saturated rings. The van der Waals surface area contributed by atoms with Crippen molar-refractivity contribution >= 4 is 23.2 Å². The van der Waals surface area contributed by atoms with E-state index in [1.165, 1.54) is 31.4 Å². The first-order chi connectivity index (χ1) is 19.4. The zero-order valence-electron chi connectivity index (χ0n) is 21.3. The maximum absolute atomic E-state index is 14.0. The molecule has 4 aliphatic rings. The average Bonchev–Trinajstić information content (AvgIpc) is 3.67. The fraction of sp³-hybridized carbons (Fsp3) is 0.276. The number of epoxide rings is 1. The highest BCUT2D eigenvalue weighted by Crippen LogP contribution is 2.70. The number of rotatable bonds is 4. The number of fused-ring (bicyclic) bond motifs is 4. The van der Waals surface area contributed by atoms with E-state index in [2.05, 4.69) is 29.0 Å². The van der Waals surface area contributed by atoms with Gasteiger partial charge in [-0.15, -0.1) is 0 Å². The van der Waals surface area contributed by atoms with Crippen LogP contribution in [0.15, 0.2) is 30.4 Å². The highest BCUT2D eigenvalue weighted by Gasteiger charge is 2.87. The van der Waals surface area contributed by atoms with Gasteiger partial charge in [-0.25, -0.2) is 4.79 Å². The van der Waals surface area contributed by atoms with Crippen LogP contribution in [0.2, 0.25) is 0 Å². The van der Waals surface area contributed by atoms with Gasteiger partial charge in [0.2, 0.25) is 5.78 Å². The van der Waals surface area contributed by atoms with Gasteiger partial charge in [-0.05, 0) is 37.3 Å². The van der Waals surface area contributed by atoms with Crippen molar-refractivity contribution in [3.05, 3.63) is 58.2 Å². The molecule has 12 nitrogen and oxygen atoms in total. The third kappa shape index (κ3) is 3.02. The molecule has 2 aliphatic heterocycles. The number of aliphatic hydroxyl groups is 3. The molecule has 12 heteroatoms. The van der Waals surface area contributed by atoms with Gasteiger partial charge in [-0.1, -0.05) is 23.7 Å². The Morgan fingerprint density at radius 3 is 2.46 bits per heavy atom. The van der Waals surface area contributed by atoms with E-state index in [-0.39, 0.29) is 33.7 Å². The van der Waals surface area contributed by atoms with E-state index in [4.69, 9.17) is 9.47 Å². The Labute approximate surface area is 231 Å². The van der Waals surface area contributed by atoms with Crippen LogP contribution < -0.4 is 10.1 Å². The van der Waals surface area contributed by atoms with E-state index >= 15 is 0 Å². The number of phenolic OH excluding ortho intramolecular Hbond substituents is 2. The van der Waals surface area contributed by atoms with E-state index < -0.39 is 69.7 Å². The van der Waals surface area contributed by atoms with Gasteiger partial charge in [0.25, 0.3) is 0 Å². The van der Waals surface area contributed by atoms with Gasteiger partial charge in [-0.2, -0.15) is 0 Å². The number of methoxy groups -OCH3 is 1. The summed E-state index contributed by atoms with van der Waals surface area (Å²) >= 11 is 0. The summed E-state index contributed by atoms with van der Waals surface area (Å²) in [7, 11) is 1.26. The normalized spacial score (nSPS) is 29.2. The molecule has 1 saturated heterocycles. The zero-order chi connectivity index (χ0) is 29.6. The van der Waals surface area contributed by atoms with E-state index in [1.807, 2.05) is 0 Å². The number of aliphatic hydroxyl groups excluding tert-OH is 2. The molecule has 6 rings (SSSR count). The number of ketones is 2. The van der Waals surface area contributed by atoms with Crippen LogP contribution in [0.4, 0.5) is 5.69 Å². The molecule has 0 unspecified atom stereocenters. The summed E-state index contributed by atoms with van der Waals surface area (Å²) in [5, 5.41) is 67.9. The first-order valence-electron chi connectivity index (χ1n) is 12.2. The minimum Gasteiger partial charge on any atom is -0.507 e. The molecular weight excluding hydrogens is 538 g/mol. The minimum atomic E-state index is -2.64. The molecule has 6 atom stereocenters. The summed E-state index contributed by atoms with van der Waals surface area (Å²) in [6.45, 7) is 0.990. The standard InChI is InChI=1S/C29H21NO11/c1-27(39,25(36)26(37)38)29-16-7-5-3-4-6-8-17(32)28(29,41-29)13-11-14(31)19-20(21(13)30-16)24(35)18-12(22(19)33)9-10-15(40-2)23(18)34/h3-4,9-11,16-17,25,30-32,34,36,39H,1-2H3,(H,37,38)/b4-3-/t16-,17+,25+,27+,28-,29+/m0/s1. The maximum atomic E-state index is 14.0. The second-order valence-electron chi connectivity index (χ2n) is 10.1. The first kappa shape index (κ1) is 26.4. The molecule has 2 aromatic rings. The summed E-state index contributed by atoms with van der Waals surface area (Å²) in [4.78, 5) is 39.3. The number of phenols is 2. The van der Waals surface area contributed by atoms with Crippen LogP contribution in [0.25, 0.3) is 0 Å². The van der Waals surface area contributed by atoms with Crippen LogP contribution in [0, 0.1) is 23.7 Å². The lowest BCUT2D eigenvalue weighted by atomic mass is 9.64. The molecule has 0 aromatic heterocycles. The summed E-state index contributed by atoms with van der Waals surface area (Å²) in [6.07, 6.45) is -1.61. The van der Waals surface area contributed by atoms with Crippen LogP contribution >= 0.6 is 0 Å². The molecule has 2 bridgehead atoms. The molecule has 41 heavy (non-hydrogen) atoms. The van der Waals surface area contributed by atoms with E-state index in [0.717, 1.165) is 13.0 Å². The van der Waals surface area contributed by atoms with Crippen molar-refractivity contribution in [2.75, 3.05) is 12.4 Å². The molecule has 0 saturated carbocycles. The SMILES string of the molecule is COc1ccc2c(c1O)C(=O)c1c3c(cc(O)c1C2=O)[C@@]12O[C@@]1([C@](C)(O)[C@H](O)C(=O)O)[C@H](C#C/C=C\C#C[C@H]2O)N3. The summed E-state index contributed by atoms with van der Waals surface area (Å²) < 4.78 is 11.2. The van der Waals surface area contributed by atoms with Gasteiger partial charge in [0.05, 0.1) is 29.5 Å². The predicted molar refractivity (Wildman–Crippen MR) is 138 cm³/mol. The van der Waals surface area contributed by atoms with E-state index in [1.54, 1.807) is 0 Å². The van der Waals surface area contributed by atoms with Crippen molar-refractivity contribution in [1.29, 1.82) is 0 Å². The lowest BCUT2D eigenvalue weighted by Crippen LogP contribution is -2.66. The molecule has 208 valence electrons. The monoisotopic (exact) mass is 559 g/mol. The fourth-order valence-corrected chi connectivity index (χ4v) is 6.19. The van der Waals surface area contributed by atoms with Crippen LogP contribution in [0.1, 0.15) is 44.3 Å². The van der Waals surface area contributed by atoms with Crippen LogP contribution in [0.5, 0.6) is 17.2 Å². The second kappa shape index (κ2) is 8.33. The lowest BCUT2D eigenvalue weighted by molar-refractivity contribution is -0.170. The fourth-order valence-electron chi connectivity index (χ4n) is 6.19. The third-order valence-corrected chi connectivity index (χ3v) is 8.12. The quantitative estimate of drug-likeness (QED) is 0.126. The Kier molecular flexibility index (Phi) is 5.36. The minimum absolute atomic E-state index is 0.0848. The molecule has 2 heterocycles. The van der Waals surface area contributed by atoms with Crippen LogP contribution in [0.3, 0.4) is 0 Å². The van der Waals surface area contributed by atoms with Crippen LogP contribution in [-0.4, -0.2) is 84.7 Å². The summed E-state index contributed by atoms with van der Waals surface area (Å²) in [5.41, 5.74) is -8.66. The van der Waals surface area contributed by atoms with Crippen molar-refractivity contribution < 1.29 is 54.5 Å². The van der Waals surface area contributed by atoms with Gasteiger partial charge in [-0.3, -0.25) is 9.59 Å². The van der Waals surface area contributed by atoms with E-state index in [0.29, 0.717) is 0 Å². The number of hydrogen-bond donors (Lipinski definition) is 7. The lowest BCUT2D eigenvalue weighted by Gasteiger charge is -2.43. The molecule has 2 aliphatic carbocycles. The zero-order valence-corrected chi connectivity index (χ0v) is 21.3. The van der Waals surface area contributed by atoms with Gasteiger partial charge < -0.3 is 45.4 Å². The third-order valence-electron chi connectivity index (χ3n) is 8.12. The van der Waals surface area contributed by atoms with Gasteiger partial charge >= 0.3 is 5.97 Å². The summed E-state index contributed by atoms with van der Waals surface area (Å²) in [5.74, 6) is 5.65. The molecule has 0 amide bonds. The Morgan fingerprint density at radius 2 is 1.80 bits per heavy atom. The topological polar surface area (TPSA) is 206 Å². The largest absolute Gasteiger partial charge is 0.507 e.